The Labute approximate surface area is 175 Å². The van der Waals surface area contributed by atoms with Crippen LogP contribution in [-0.4, -0.2) is 63.8 Å². The topological polar surface area (TPSA) is 81.8 Å². The van der Waals surface area contributed by atoms with Crippen LogP contribution in [0.5, 0.6) is 0 Å². The van der Waals surface area contributed by atoms with Crippen LogP contribution in [0.25, 0.3) is 0 Å². The number of carbonyl (C=O) groups excluding carboxylic acids is 3. The van der Waals surface area contributed by atoms with E-state index >= 15 is 0 Å². The second-order valence-corrected chi connectivity index (χ2v) is 9.33. The van der Waals surface area contributed by atoms with Gasteiger partial charge in [0.05, 0.1) is 0 Å². The van der Waals surface area contributed by atoms with E-state index in [1.54, 1.807) is 6.92 Å². The molecule has 2 saturated heterocycles. The molecule has 8 heteroatoms. The zero-order chi connectivity index (χ0) is 20.4. The van der Waals surface area contributed by atoms with Gasteiger partial charge in [0.25, 0.3) is 5.91 Å². The van der Waals surface area contributed by atoms with Gasteiger partial charge in [-0.25, -0.2) is 9.69 Å². The number of anilines is 1. The summed E-state index contributed by atoms with van der Waals surface area (Å²) >= 11 is 1.96. The van der Waals surface area contributed by atoms with Crippen molar-refractivity contribution >= 4 is 35.3 Å². The maximum atomic E-state index is 12.9. The molecule has 0 aromatic heterocycles. The smallest absolute Gasteiger partial charge is 0.324 e. The molecule has 3 fully saturated rings. The van der Waals surface area contributed by atoms with Gasteiger partial charge in [-0.1, -0.05) is 31.0 Å². The van der Waals surface area contributed by atoms with Gasteiger partial charge in [0.1, 0.15) is 11.6 Å². The summed E-state index contributed by atoms with van der Waals surface area (Å²) < 4.78 is 0. The molecule has 1 spiro atoms. The summed E-state index contributed by atoms with van der Waals surface area (Å²) in [5, 5.41) is 5.80. The van der Waals surface area contributed by atoms with Crippen LogP contribution in [0.3, 0.4) is 0 Å². The van der Waals surface area contributed by atoms with E-state index in [9.17, 15) is 14.4 Å². The Hall–Kier alpha value is -2.06. The van der Waals surface area contributed by atoms with Crippen molar-refractivity contribution in [3.63, 3.8) is 0 Å². The van der Waals surface area contributed by atoms with Crippen LogP contribution in [0.1, 0.15) is 38.2 Å². The highest BCUT2D eigenvalue weighted by Gasteiger charge is 2.54. The lowest BCUT2D eigenvalue weighted by Gasteiger charge is -2.27. The molecule has 3 aliphatic rings. The number of rotatable bonds is 5. The summed E-state index contributed by atoms with van der Waals surface area (Å²) in [6.45, 7) is 4.46. The van der Waals surface area contributed by atoms with E-state index in [1.165, 1.54) is 0 Å². The second-order valence-electron chi connectivity index (χ2n) is 8.11. The van der Waals surface area contributed by atoms with Gasteiger partial charge in [-0.05, 0) is 31.4 Å². The number of hydrogen-bond acceptors (Lipinski definition) is 5. The Bertz CT molecular complexity index is 803. The van der Waals surface area contributed by atoms with Crippen molar-refractivity contribution in [3.05, 3.63) is 29.8 Å². The van der Waals surface area contributed by atoms with Gasteiger partial charge in [0.2, 0.25) is 5.91 Å². The molecule has 2 aliphatic heterocycles. The molecule has 1 unspecified atom stereocenters. The summed E-state index contributed by atoms with van der Waals surface area (Å²) in [5.41, 5.74) is 0.991. The number of imide groups is 1. The van der Waals surface area contributed by atoms with E-state index in [0.717, 1.165) is 60.1 Å². The molecular formula is C21H28N4O3S. The minimum absolute atomic E-state index is 0.262. The first kappa shape index (κ1) is 20.2. The maximum absolute atomic E-state index is 12.9. The largest absolute Gasteiger partial charge is 0.325 e. The predicted octanol–water partition coefficient (Wildman–Crippen LogP) is 2.43. The summed E-state index contributed by atoms with van der Waals surface area (Å²) in [5.74, 6) is 1.64. The number of nitrogens with zero attached hydrogens (tertiary/aromatic N) is 2. The van der Waals surface area contributed by atoms with E-state index in [1.807, 2.05) is 36.0 Å². The number of benzene rings is 1. The average Bonchev–Trinajstić information content (AvgIpc) is 3.28. The van der Waals surface area contributed by atoms with E-state index in [2.05, 4.69) is 15.5 Å². The Kier molecular flexibility index (Phi) is 5.83. The number of para-hydroxylation sites is 1. The number of thioether (sulfide) groups is 1. The third kappa shape index (κ3) is 4.00. The van der Waals surface area contributed by atoms with Crippen LogP contribution in [0.4, 0.5) is 10.5 Å². The second kappa shape index (κ2) is 8.36. The van der Waals surface area contributed by atoms with Crippen molar-refractivity contribution in [1.29, 1.82) is 0 Å². The zero-order valence-electron chi connectivity index (χ0n) is 16.8. The first-order valence-electron chi connectivity index (χ1n) is 10.3. The first-order chi connectivity index (χ1) is 14.0. The lowest BCUT2D eigenvalue weighted by molar-refractivity contribution is -0.136. The molecule has 1 aromatic carbocycles. The SMILES string of the molecule is CC(C(=O)Nc1ccccc1CN1CCSCC1)N1C(=O)NC2(CCCC2)C1=O. The highest BCUT2D eigenvalue weighted by molar-refractivity contribution is 7.99. The number of hydrogen-bond donors (Lipinski definition) is 2. The van der Waals surface area contributed by atoms with Crippen molar-refractivity contribution in [3.8, 4) is 0 Å². The van der Waals surface area contributed by atoms with Gasteiger partial charge in [-0.2, -0.15) is 11.8 Å². The molecule has 29 heavy (non-hydrogen) atoms. The molecule has 1 saturated carbocycles. The summed E-state index contributed by atoms with van der Waals surface area (Å²) in [7, 11) is 0. The molecule has 0 bridgehead atoms. The van der Waals surface area contributed by atoms with Gasteiger partial charge >= 0.3 is 6.03 Å². The van der Waals surface area contributed by atoms with Crippen LogP contribution in [0.15, 0.2) is 24.3 Å². The monoisotopic (exact) mass is 416 g/mol. The Morgan fingerprint density at radius 2 is 1.90 bits per heavy atom. The van der Waals surface area contributed by atoms with E-state index in [-0.39, 0.29) is 11.8 Å². The molecule has 1 aromatic rings. The van der Waals surface area contributed by atoms with Crippen LogP contribution >= 0.6 is 11.8 Å². The fraction of sp³-hybridized carbons (Fsp3) is 0.571. The maximum Gasteiger partial charge on any atom is 0.325 e. The van der Waals surface area contributed by atoms with Gasteiger partial charge in [-0.15, -0.1) is 0 Å². The van der Waals surface area contributed by atoms with Gasteiger partial charge < -0.3 is 10.6 Å². The molecule has 2 N–H and O–H groups in total. The van der Waals surface area contributed by atoms with E-state index in [0.29, 0.717) is 12.8 Å². The molecule has 1 atom stereocenters. The molecule has 1 aliphatic carbocycles. The molecule has 0 radical (unpaired) electrons. The van der Waals surface area contributed by atoms with Crippen LogP contribution < -0.4 is 10.6 Å². The Morgan fingerprint density at radius 3 is 2.62 bits per heavy atom. The average molecular weight is 417 g/mol. The van der Waals surface area contributed by atoms with Crippen molar-refractivity contribution in [2.75, 3.05) is 29.9 Å². The minimum Gasteiger partial charge on any atom is -0.324 e. The molecule has 156 valence electrons. The highest BCUT2D eigenvalue weighted by atomic mass is 32.2. The Balaban J connectivity index is 1.45. The van der Waals surface area contributed by atoms with Gasteiger partial charge in [0, 0.05) is 36.8 Å². The van der Waals surface area contributed by atoms with Gasteiger partial charge in [0.15, 0.2) is 0 Å². The summed E-state index contributed by atoms with van der Waals surface area (Å²) in [4.78, 5) is 41.8. The summed E-state index contributed by atoms with van der Waals surface area (Å²) in [6, 6.07) is 6.43. The van der Waals surface area contributed by atoms with Crippen molar-refractivity contribution in [2.24, 2.45) is 0 Å². The third-order valence-corrected chi connectivity index (χ3v) is 7.13. The predicted molar refractivity (Wildman–Crippen MR) is 114 cm³/mol. The third-order valence-electron chi connectivity index (χ3n) is 6.19. The first-order valence-corrected chi connectivity index (χ1v) is 11.5. The lowest BCUT2D eigenvalue weighted by atomic mass is 9.97. The molecule has 4 rings (SSSR count). The zero-order valence-corrected chi connectivity index (χ0v) is 17.6. The standard InChI is InChI=1S/C21H28N4O3S/c1-15(25-19(27)21(23-20(25)28)8-4-5-9-21)18(26)22-17-7-3-2-6-16(17)14-24-10-12-29-13-11-24/h2-3,6-7,15H,4-5,8-14H2,1H3,(H,22,26)(H,23,28). The van der Waals surface area contributed by atoms with Crippen LogP contribution in [-0.2, 0) is 16.1 Å². The fourth-order valence-electron chi connectivity index (χ4n) is 4.45. The summed E-state index contributed by atoms with van der Waals surface area (Å²) in [6.07, 6.45) is 3.14. The van der Waals surface area contributed by atoms with E-state index in [4.69, 9.17) is 0 Å². The van der Waals surface area contributed by atoms with Crippen molar-refractivity contribution in [1.82, 2.24) is 15.1 Å². The number of amides is 4. The molecular weight excluding hydrogens is 388 g/mol. The highest BCUT2D eigenvalue weighted by Crippen LogP contribution is 2.36. The quantitative estimate of drug-likeness (QED) is 0.721. The molecule has 4 amide bonds. The van der Waals surface area contributed by atoms with Crippen LogP contribution in [0, 0.1) is 0 Å². The number of nitrogens with one attached hydrogen (secondary N) is 2. The minimum atomic E-state index is -0.859. The lowest BCUT2D eigenvalue weighted by Crippen LogP contribution is -2.48. The molecule has 2 heterocycles. The fourth-order valence-corrected chi connectivity index (χ4v) is 5.42. The number of urea groups is 1. The van der Waals surface area contributed by atoms with Crippen LogP contribution in [0.2, 0.25) is 0 Å². The molecule has 7 nitrogen and oxygen atoms in total. The van der Waals surface area contributed by atoms with Crippen molar-refractivity contribution < 1.29 is 14.4 Å². The van der Waals surface area contributed by atoms with E-state index < -0.39 is 17.6 Å². The van der Waals surface area contributed by atoms with Crippen molar-refractivity contribution in [2.45, 2.75) is 50.7 Å². The normalized spacial score (nSPS) is 22.7. The van der Waals surface area contributed by atoms with Gasteiger partial charge in [-0.3, -0.25) is 14.5 Å². The Morgan fingerprint density at radius 1 is 1.21 bits per heavy atom. The number of carbonyl (C=O) groups is 3.